The summed E-state index contributed by atoms with van der Waals surface area (Å²) in [7, 11) is 5.91. The molecule has 0 radical (unpaired) electrons. The first-order valence-electron chi connectivity index (χ1n) is 18.7. The standard InChI is InChI=1S/C46H46N2O2/c1-47(2)34-20-16-32(17-21-34)46(33-18-22-35(49-3)23-19-33)25-24-39-42-41(36-12-4-5-13-37(36)44(39)50-46)38-14-6-7-15-40(38)45(42)28-30-10-8-26-48-27-9-11-31(29-45)43(30)48/h4-7,12-25,30-31,43H,8-11,26-29H2,1-3H3. The van der Waals surface area contributed by atoms with Gasteiger partial charge in [-0.2, -0.15) is 0 Å². The van der Waals surface area contributed by atoms with E-state index in [-0.39, 0.29) is 5.41 Å². The molecule has 3 aliphatic heterocycles. The quantitative estimate of drug-likeness (QED) is 0.192. The van der Waals surface area contributed by atoms with Crippen molar-refractivity contribution in [1.82, 2.24) is 4.90 Å². The maximum atomic E-state index is 7.68. The van der Waals surface area contributed by atoms with Crippen LogP contribution in [0, 0.1) is 11.8 Å². The van der Waals surface area contributed by atoms with E-state index in [2.05, 4.69) is 133 Å². The summed E-state index contributed by atoms with van der Waals surface area (Å²) >= 11 is 0. The van der Waals surface area contributed by atoms with Crippen LogP contribution in [0.3, 0.4) is 0 Å². The van der Waals surface area contributed by atoms with Crippen LogP contribution in [-0.4, -0.2) is 45.2 Å². The van der Waals surface area contributed by atoms with Crippen molar-refractivity contribution >= 4 is 22.5 Å². The molecule has 0 N–H and O–H groups in total. The van der Waals surface area contributed by atoms with Gasteiger partial charge in [-0.15, -0.1) is 0 Å². The van der Waals surface area contributed by atoms with Crippen LogP contribution in [0.4, 0.5) is 5.69 Å². The van der Waals surface area contributed by atoms with Gasteiger partial charge in [-0.3, -0.25) is 4.90 Å². The second-order valence-electron chi connectivity index (χ2n) is 15.7. The van der Waals surface area contributed by atoms with Crippen LogP contribution in [-0.2, 0) is 11.0 Å². The SMILES string of the molecule is COc1ccc(C2(c3ccc(N(C)C)cc3)C=Cc3c4c(c5ccccc5c3O2)-c2ccccc2C42CC3CCCN4CCCC(C2)C34)cc1. The first-order valence-corrected chi connectivity index (χ1v) is 18.7. The van der Waals surface area contributed by atoms with Crippen molar-refractivity contribution < 1.29 is 9.47 Å². The van der Waals surface area contributed by atoms with Crippen molar-refractivity contribution in [2.24, 2.45) is 11.8 Å². The molecule has 1 spiro atoms. The Morgan fingerprint density at radius 3 is 2.08 bits per heavy atom. The second-order valence-corrected chi connectivity index (χ2v) is 15.7. The fourth-order valence-electron chi connectivity index (χ4n) is 11.1. The molecule has 252 valence electrons. The summed E-state index contributed by atoms with van der Waals surface area (Å²) < 4.78 is 13.3. The Morgan fingerprint density at radius 2 is 1.40 bits per heavy atom. The summed E-state index contributed by atoms with van der Waals surface area (Å²) in [5, 5.41) is 2.50. The molecule has 0 aromatic heterocycles. The average molecular weight is 659 g/mol. The summed E-state index contributed by atoms with van der Waals surface area (Å²) in [6.07, 6.45) is 12.6. The monoisotopic (exact) mass is 658 g/mol. The van der Waals surface area contributed by atoms with Crippen LogP contribution in [0.15, 0.2) is 103 Å². The third-order valence-electron chi connectivity index (χ3n) is 13.1. The lowest BCUT2D eigenvalue weighted by Crippen LogP contribution is -2.58. The molecule has 3 atom stereocenters. The van der Waals surface area contributed by atoms with E-state index in [0.29, 0.717) is 0 Å². The Hall–Kier alpha value is -4.54. The maximum absolute atomic E-state index is 7.68. The molecule has 1 saturated carbocycles. The van der Waals surface area contributed by atoms with Gasteiger partial charge >= 0.3 is 0 Å². The highest BCUT2D eigenvalue weighted by atomic mass is 16.5. The van der Waals surface area contributed by atoms with Crippen LogP contribution >= 0.6 is 0 Å². The zero-order valence-corrected chi connectivity index (χ0v) is 29.5. The van der Waals surface area contributed by atoms with Gasteiger partial charge < -0.3 is 14.4 Å². The van der Waals surface area contributed by atoms with E-state index < -0.39 is 5.60 Å². The van der Waals surface area contributed by atoms with Crippen LogP contribution in [0.5, 0.6) is 11.5 Å². The maximum Gasteiger partial charge on any atom is 0.178 e. The number of hydrogen-bond acceptors (Lipinski definition) is 4. The van der Waals surface area contributed by atoms with Gasteiger partial charge in [0.05, 0.1) is 7.11 Å². The number of hydrogen-bond donors (Lipinski definition) is 0. The van der Waals surface area contributed by atoms with E-state index in [4.69, 9.17) is 9.47 Å². The molecule has 5 aromatic rings. The first kappa shape index (κ1) is 30.3. The predicted molar refractivity (Wildman–Crippen MR) is 204 cm³/mol. The molecule has 3 fully saturated rings. The minimum atomic E-state index is -0.801. The van der Waals surface area contributed by atoms with Crippen molar-refractivity contribution in [3.05, 3.63) is 131 Å². The Labute approximate surface area is 296 Å². The molecule has 5 aliphatic rings. The summed E-state index contributed by atoms with van der Waals surface area (Å²) in [4.78, 5) is 5.03. The predicted octanol–water partition coefficient (Wildman–Crippen LogP) is 9.81. The van der Waals surface area contributed by atoms with Gasteiger partial charge in [0.25, 0.3) is 0 Å². The lowest BCUT2D eigenvalue weighted by molar-refractivity contribution is -0.0305. The van der Waals surface area contributed by atoms with Gasteiger partial charge in [0.15, 0.2) is 5.60 Å². The number of methoxy groups -OCH3 is 1. The Kier molecular flexibility index (Phi) is 6.81. The summed E-state index contributed by atoms with van der Waals surface area (Å²) in [6, 6.07) is 36.5. The molecule has 5 aromatic carbocycles. The van der Waals surface area contributed by atoms with Crippen molar-refractivity contribution in [2.75, 3.05) is 39.2 Å². The van der Waals surface area contributed by atoms with Crippen molar-refractivity contribution in [3.8, 4) is 22.6 Å². The van der Waals surface area contributed by atoms with Crippen LogP contribution in [0.2, 0.25) is 0 Å². The number of piperidine rings is 2. The number of anilines is 1. The number of benzene rings is 5. The second kappa shape index (κ2) is 11.2. The highest BCUT2D eigenvalue weighted by molar-refractivity contribution is 6.08. The molecular formula is C46H46N2O2. The Morgan fingerprint density at radius 1 is 0.760 bits per heavy atom. The van der Waals surface area contributed by atoms with Crippen LogP contribution in [0.1, 0.15) is 66.3 Å². The highest BCUT2D eigenvalue weighted by Gasteiger charge is 2.56. The summed E-state index contributed by atoms with van der Waals surface area (Å²) in [6.45, 7) is 2.58. The lowest BCUT2D eigenvalue weighted by atomic mass is 9.55. The van der Waals surface area contributed by atoms with Gasteiger partial charge in [-0.1, -0.05) is 78.9 Å². The van der Waals surface area contributed by atoms with Gasteiger partial charge in [0.1, 0.15) is 11.5 Å². The van der Waals surface area contributed by atoms with Crippen molar-refractivity contribution in [2.45, 2.75) is 55.6 Å². The molecule has 0 bridgehead atoms. The van der Waals surface area contributed by atoms with E-state index >= 15 is 0 Å². The van der Waals surface area contributed by atoms with E-state index in [1.165, 1.54) is 90.3 Å². The van der Waals surface area contributed by atoms with E-state index in [9.17, 15) is 0 Å². The minimum Gasteiger partial charge on any atom is -0.497 e. The third kappa shape index (κ3) is 4.21. The fourth-order valence-corrected chi connectivity index (χ4v) is 11.1. The van der Waals surface area contributed by atoms with Gasteiger partial charge in [0, 0.05) is 53.3 Å². The molecule has 2 aliphatic carbocycles. The average Bonchev–Trinajstić information content (AvgIpc) is 3.44. The summed E-state index contributed by atoms with van der Waals surface area (Å²) in [5.41, 5.74) is 9.78. The molecule has 0 amide bonds. The highest BCUT2D eigenvalue weighted by Crippen LogP contribution is 2.65. The molecule has 3 unspecified atom stereocenters. The van der Waals surface area contributed by atoms with Gasteiger partial charge in [-0.05, 0) is 121 Å². The Balaban J connectivity index is 1.22. The molecule has 4 heteroatoms. The number of fused-ring (bicyclic) bond motifs is 10. The molecule has 50 heavy (non-hydrogen) atoms. The van der Waals surface area contributed by atoms with Gasteiger partial charge in [0.2, 0.25) is 0 Å². The number of rotatable bonds is 4. The Bertz CT molecular complexity index is 2130. The molecule has 4 nitrogen and oxygen atoms in total. The number of ether oxygens (including phenoxy) is 2. The summed E-state index contributed by atoms with van der Waals surface area (Å²) in [5.74, 6) is 3.31. The fraction of sp³-hybridized carbons (Fsp3) is 0.348. The molecule has 2 saturated heterocycles. The van der Waals surface area contributed by atoms with Gasteiger partial charge in [-0.25, -0.2) is 0 Å². The largest absolute Gasteiger partial charge is 0.497 e. The molecule has 10 rings (SSSR count). The third-order valence-corrected chi connectivity index (χ3v) is 13.1. The molecule has 3 heterocycles. The number of nitrogens with zero attached hydrogens (tertiary/aromatic N) is 2. The van der Waals surface area contributed by atoms with Crippen molar-refractivity contribution in [1.29, 1.82) is 0 Å². The minimum absolute atomic E-state index is 0.0204. The van der Waals surface area contributed by atoms with Crippen LogP contribution < -0.4 is 14.4 Å². The van der Waals surface area contributed by atoms with Crippen molar-refractivity contribution in [3.63, 3.8) is 0 Å². The zero-order chi connectivity index (χ0) is 33.6. The zero-order valence-electron chi connectivity index (χ0n) is 29.5. The van der Waals surface area contributed by atoms with Crippen LogP contribution in [0.25, 0.3) is 28.0 Å². The molecular weight excluding hydrogens is 613 g/mol. The van der Waals surface area contributed by atoms with E-state index in [1.54, 1.807) is 12.7 Å². The first-order chi connectivity index (χ1) is 24.5. The normalized spacial score (nSPS) is 27.6. The smallest absolute Gasteiger partial charge is 0.178 e. The van der Waals surface area contributed by atoms with E-state index in [0.717, 1.165) is 40.5 Å². The topological polar surface area (TPSA) is 24.9 Å². The lowest BCUT2D eigenvalue weighted by Gasteiger charge is -2.57. The van der Waals surface area contributed by atoms with E-state index in [1.807, 2.05) is 0 Å².